The molecule has 0 N–H and O–H groups in total. The Balaban J connectivity index is 2.81. The van der Waals surface area contributed by atoms with Crippen LogP contribution in [0.1, 0.15) is 53.4 Å². The Hall–Kier alpha value is -0.200. The molecule has 116 valence electrons. The van der Waals surface area contributed by atoms with Crippen molar-refractivity contribution in [2.45, 2.75) is 65.5 Å². The van der Waals surface area contributed by atoms with E-state index in [0.29, 0.717) is 17.5 Å². The summed E-state index contributed by atoms with van der Waals surface area (Å²) < 4.78 is 0. The molecule has 0 amide bonds. The van der Waals surface area contributed by atoms with Crippen molar-refractivity contribution < 1.29 is 0 Å². The molecule has 1 aliphatic rings. The van der Waals surface area contributed by atoms with E-state index in [4.69, 9.17) is 0 Å². The third-order valence-corrected chi connectivity index (χ3v) is 6.44. The highest BCUT2D eigenvalue weighted by atomic mass is 32.2. The van der Waals surface area contributed by atoms with E-state index in [0.717, 1.165) is 18.1 Å². The highest BCUT2D eigenvalue weighted by Gasteiger charge is 2.39. The zero-order chi connectivity index (χ0) is 15.3. The van der Waals surface area contributed by atoms with Gasteiger partial charge in [-0.05, 0) is 50.8 Å². The summed E-state index contributed by atoms with van der Waals surface area (Å²) >= 11 is 1.90. The Morgan fingerprint density at radius 1 is 1.40 bits per heavy atom. The second-order valence-electron chi connectivity index (χ2n) is 7.12. The second-order valence-corrected chi connectivity index (χ2v) is 8.04. The summed E-state index contributed by atoms with van der Waals surface area (Å²) in [6.45, 7) is 9.38. The van der Waals surface area contributed by atoms with Crippen molar-refractivity contribution >= 4 is 11.8 Å². The van der Waals surface area contributed by atoms with Crippen LogP contribution in [0.5, 0.6) is 0 Å². The van der Waals surface area contributed by atoms with Crippen LogP contribution < -0.4 is 0 Å². The fourth-order valence-corrected chi connectivity index (χ4v) is 4.15. The molecule has 0 aromatic rings. The average molecular weight is 297 g/mol. The molecule has 1 rings (SSSR count). The zero-order valence-electron chi connectivity index (χ0n) is 14.1. The van der Waals surface area contributed by atoms with E-state index >= 15 is 0 Å². The molecule has 0 aromatic carbocycles. The van der Waals surface area contributed by atoms with Gasteiger partial charge >= 0.3 is 0 Å². The minimum Gasteiger partial charge on any atom is -0.299 e. The predicted octanol–water partition coefficient (Wildman–Crippen LogP) is 4.41. The van der Waals surface area contributed by atoms with Crippen LogP contribution in [-0.4, -0.2) is 36.0 Å². The van der Waals surface area contributed by atoms with Crippen molar-refractivity contribution in [2.24, 2.45) is 17.3 Å². The van der Waals surface area contributed by atoms with Crippen LogP contribution in [0.25, 0.3) is 0 Å². The van der Waals surface area contributed by atoms with Crippen LogP contribution in [0.15, 0.2) is 0 Å². The van der Waals surface area contributed by atoms with Crippen LogP contribution in [-0.2, 0) is 0 Å². The average Bonchev–Trinajstić information content (AvgIpc) is 2.45. The van der Waals surface area contributed by atoms with Gasteiger partial charge in [-0.15, -0.1) is 0 Å². The van der Waals surface area contributed by atoms with Crippen molar-refractivity contribution in [1.82, 2.24) is 4.90 Å². The largest absolute Gasteiger partial charge is 0.299 e. The number of rotatable bonds is 6. The van der Waals surface area contributed by atoms with E-state index in [1.54, 1.807) is 0 Å². The molecule has 1 aliphatic carbocycles. The number of hydrogen-bond acceptors (Lipinski definition) is 3. The maximum absolute atomic E-state index is 9.49. The monoisotopic (exact) mass is 296 g/mol. The van der Waals surface area contributed by atoms with E-state index in [2.05, 4.69) is 52.0 Å². The maximum Gasteiger partial charge on any atom is 0.0672 e. The van der Waals surface area contributed by atoms with Gasteiger partial charge in [-0.2, -0.15) is 17.0 Å². The van der Waals surface area contributed by atoms with E-state index < -0.39 is 0 Å². The van der Waals surface area contributed by atoms with E-state index in [1.807, 2.05) is 11.8 Å². The molecule has 0 bridgehead atoms. The molecule has 1 fully saturated rings. The van der Waals surface area contributed by atoms with Gasteiger partial charge in [0, 0.05) is 17.8 Å². The normalized spacial score (nSPS) is 29.2. The quantitative estimate of drug-likeness (QED) is 0.726. The summed E-state index contributed by atoms with van der Waals surface area (Å²) in [6, 6.07) is 3.56. The molecule has 0 aliphatic heterocycles. The van der Waals surface area contributed by atoms with E-state index in [9.17, 15) is 5.26 Å². The summed E-state index contributed by atoms with van der Waals surface area (Å²) in [6.07, 6.45) is 6.88. The van der Waals surface area contributed by atoms with Gasteiger partial charge in [-0.1, -0.05) is 27.2 Å². The van der Waals surface area contributed by atoms with Gasteiger partial charge in [0.05, 0.1) is 12.0 Å². The van der Waals surface area contributed by atoms with Gasteiger partial charge in [0.2, 0.25) is 0 Å². The first-order chi connectivity index (χ1) is 9.37. The number of thioether (sulfide) groups is 1. The molecule has 2 nitrogen and oxygen atoms in total. The Bertz CT molecular complexity index is 334. The zero-order valence-corrected chi connectivity index (χ0v) is 15.0. The Kier molecular flexibility index (Phi) is 6.88. The van der Waals surface area contributed by atoms with Crippen molar-refractivity contribution in [3.8, 4) is 6.07 Å². The van der Waals surface area contributed by atoms with Crippen LogP contribution in [0.4, 0.5) is 0 Å². The molecule has 0 radical (unpaired) electrons. The van der Waals surface area contributed by atoms with Crippen LogP contribution >= 0.6 is 11.8 Å². The smallest absolute Gasteiger partial charge is 0.0672 e. The van der Waals surface area contributed by atoms with Crippen LogP contribution in [0, 0.1) is 28.6 Å². The first kappa shape index (κ1) is 17.9. The summed E-state index contributed by atoms with van der Waals surface area (Å²) in [7, 11) is 2.22. The van der Waals surface area contributed by atoms with Crippen LogP contribution in [0.3, 0.4) is 0 Å². The number of nitriles is 1. The molecule has 0 heterocycles. The summed E-state index contributed by atoms with van der Waals surface area (Å²) in [5, 5.41) is 9.49. The Labute approximate surface area is 130 Å². The predicted molar refractivity (Wildman–Crippen MR) is 89.9 cm³/mol. The van der Waals surface area contributed by atoms with Crippen LogP contribution in [0.2, 0.25) is 0 Å². The fourth-order valence-electron chi connectivity index (χ4n) is 3.43. The summed E-state index contributed by atoms with van der Waals surface area (Å²) in [5.41, 5.74) is 0.405. The molecule has 20 heavy (non-hydrogen) atoms. The maximum atomic E-state index is 9.49. The molecular weight excluding hydrogens is 264 g/mol. The van der Waals surface area contributed by atoms with Crippen molar-refractivity contribution in [1.29, 1.82) is 5.26 Å². The second kappa shape index (κ2) is 7.71. The molecular formula is C17H32N2S. The lowest BCUT2D eigenvalue weighted by Crippen LogP contribution is -2.48. The van der Waals surface area contributed by atoms with Gasteiger partial charge in [0.15, 0.2) is 0 Å². The minimum absolute atomic E-state index is 0.216. The summed E-state index contributed by atoms with van der Waals surface area (Å²) in [4.78, 5) is 2.47. The van der Waals surface area contributed by atoms with E-state index in [1.165, 1.54) is 19.3 Å². The fraction of sp³-hybridized carbons (Fsp3) is 0.941. The third kappa shape index (κ3) is 4.15. The van der Waals surface area contributed by atoms with Crippen molar-refractivity contribution in [3.63, 3.8) is 0 Å². The SMILES string of the molecule is CCC(C)(C)C1CCC(C#N)C(N(C)C(C)CSC)C1. The van der Waals surface area contributed by atoms with E-state index in [-0.39, 0.29) is 5.92 Å². The lowest BCUT2D eigenvalue weighted by molar-refractivity contribution is 0.0518. The summed E-state index contributed by atoms with van der Waals surface area (Å²) in [5.74, 6) is 2.12. The minimum atomic E-state index is 0.216. The number of nitrogens with zero attached hydrogens (tertiary/aromatic N) is 2. The first-order valence-corrected chi connectivity index (χ1v) is 9.37. The topological polar surface area (TPSA) is 27.0 Å². The van der Waals surface area contributed by atoms with Crippen molar-refractivity contribution in [2.75, 3.05) is 19.1 Å². The lowest BCUT2D eigenvalue weighted by Gasteiger charge is -2.45. The molecule has 0 spiro atoms. The van der Waals surface area contributed by atoms with Gasteiger partial charge in [0.1, 0.15) is 0 Å². The van der Waals surface area contributed by atoms with Crippen molar-refractivity contribution in [3.05, 3.63) is 0 Å². The Morgan fingerprint density at radius 3 is 2.55 bits per heavy atom. The first-order valence-electron chi connectivity index (χ1n) is 7.97. The van der Waals surface area contributed by atoms with Gasteiger partial charge in [0.25, 0.3) is 0 Å². The molecule has 1 saturated carbocycles. The molecule has 4 atom stereocenters. The molecule has 0 saturated heterocycles. The molecule has 4 unspecified atom stereocenters. The van der Waals surface area contributed by atoms with Gasteiger partial charge in [-0.3, -0.25) is 4.90 Å². The number of hydrogen-bond donors (Lipinski definition) is 0. The van der Waals surface area contributed by atoms with Gasteiger partial charge < -0.3 is 0 Å². The highest BCUT2D eigenvalue weighted by Crippen LogP contribution is 2.43. The lowest BCUT2D eigenvalue weighted by atomic mass is 9.66. The molecule has 3 heteroatoms. The Morgan fingerprint density at radius 2 is 2.05 bits per heavy atom. The molecule has 0 aromatic heterocycles. The standard InChI is InChI=1S/C17H32N2S/c1-7-17(3,4)15-9-8-14(11-18)16(10-15)19(5)13(2)12-20-6/h13-16H,7-10,12H2,1-6H3. The van der Waals surface area contributed by atoms with Gasteiger partial charge in [-0.25, -0.2) is 0 Å². The third-order valence-electron chi connectivity index (χ3n) is 5.63. The highest BCUT2D eigenvalue weighted by molar-refractivity contribution is 7.98.